The van der Waals surface area contributed by atoms with Gasteiger partial charge in [0.25, 0.3) is 0 Å². The summed E-state index contributed by atoms with van der Waals surface area (Å²) in [7, 11) is 3.91. The standard InChI is InChI=1S/C24H27N5O2/c1-15(2)29-23-19-11-16(5-7-20(19)25-13-21(23)28(4)24(29)30)17-6-8-22(26-12-17)31-18-9-10-27(3)14-18/h5-8,11-13,15,18H,9-10,14H2,1-4H3/t18-/m0/s1. The van der Waals surface area contributed by atoms with Crippen molar-refractivity contribution in [1.29, 1.82) is 0 Å². The predicted octanol–water partition coefficient (Wildman–Crippen LogP) is 3.61. The lowest BCUT2D eigenvalue weighted by Gasteiger charge is -2.13. The lowest BCUT2D eigenvalue weighted by molar-refractivity contribution is 0.200. The Kier molecular flexibility index (Phi) is 4.78. The van der Waals surface area contributed by atoms with Gasteiger partial charge < -0.3 is 9.64 Å². The van der Waals surface area contributed by atoms with Crippen LogP contribution in [0, 0.1) is 0 Å². The summed E-state index contributed by atoms with van der Waals surface area (Å²) in [5.41, 5.74) is 4.65. The second-order valence-corrected chi connectivity index (χ2v) is 8.71. The van der Waals surface area contributed by atoms with E-state index in [2.05, 4.69) is 28.0 Å². The van der Waals surface area contributed by atoms with Gasteiger partial charge in [-0.2, -0.15) is 0 Å². The number of likely N-dealkylation sites (tertiary alicyclic amines) is 1. The average molecular weight is 418 g/mol. The lowest BCUT2D eigenvalue weighted by atomic mass is 10.0. The van der Waals surface area contributed by atoms with Gasteiger partial charge in [-0.3, -0.25) is 14.1 Å². The van der Waals surface area contributed by atoms with Crippen molar-refractivity contribution >= 4 is 21.9 Å². The van der Waals surface area contributed by atoms with E-state index in [-0.39, 0.29) is 17.8 Å². The molecule has 3 aromatic heterocycles. The molecular formula is C24H27N5O2. The third-order valence-corrected chi connectivity index (χ3v) is 6.14. The number of ether oxygens (including phenoxy) is 1. The number of imidazole rings is 1. The zero-order valence-electron chi connectivity index (χ0n) is 18.4. The summed E-state index contributed by atoms with van der Waals surface area (Å²) in [6, 6.07) is 10.2. The molecule has 0 N–H and O–H groups in total. The maximum Gasteiger partial charge on any atom is 0.329 e. The first-order valence-corrected chi connectivity index (χ1v) is 10.7. The van der Waals surface area contributed by atoms with Crippen molar-refractivity contribution < 1.29 is 4.74 Å². The fourth-order valence-electron chi connectivity index (χ4n) is 4.47. The Hall–Kier alpha value is -3.19. The van der Waals surface area contributed by atoms with Crippen molar-refractivity contribution in [3.8, 4) is 17.0 Å². The molecular weight excluding hydrogens is 390 g/mol. The third-order valence-electron chi connectivity index (χ3n) is 6.14. The van der Waals surface area contributed by atoms with Crippen LogP contribution in [0.1, 0.15) is 26.3 Å². The summed E-state index contributed by atoms with van der Waals surface area (Å²) < 4.78 is 9.53. The Morgan fingerprint density at radius 1 is 1.06 bits per heavy atom. The highest BCUT2D eigenvalue weighted by Gasteiger charge is 2.21. The number of nitrogens with zero attached hydrogens (tertiary/aromatic N) is 5. The first kappa shape index (κ1) is 19.8. The van der Waals surface area contributed by atoms with Gasteiger partial charge in [-0.1, -0.05) is 6.07 Å². The number of fused-ring (bicyclic) bond motifs is 3. The van der Waals surface area contributed by atoms with E-state index in [1.807, 2.05) is 48.9 Å². The average Bonchev–Trinajstić information content (AvgIpc) is 3.28. The molecule has 1 fully saturated rings. The molecule has 0 saturated carbocycles. The van der Waals surface area contributed by atoms with E-state index in [4.69, 9.17) is 4.74 Å². The van der Waals surface area contributed by atoms with Crippen LogP contribution in [0.2, 0.25) is 0 Å². The molecule has 7 heteroatoms. The molecule has 1 aromatic carbocycles. The summed E-state index contributed by atoms with van der Waals surface area (Å²) in [5.74, 6) is 0.658. The minimum absolute atomic E-state index is 0.0228. The van der Waals surface area contributed by atoms with Crippen molar-refractivity contribution in [3.63, 3.8) is 0 Å². The molecule has 0 radical (unpaired) electrons. The molecule has 1 saturated heterocycles. The molecule has 160 valence electrons. The number of benzene rings is 1. The molecule has 31 heavy (non-hydrogen) atoms. The van der Waals surface area contributed by atoms with Crippen LogP contribution in [0.25, 0.3) is 33.1 Å². The maximum atomic E-state index is 12.8. The summed E-state index contributed by atoms with van der Waals surface area (Å²) in [6.07, 6.45) is 4.87. The van der Waals surface area contributed by atoms with Crippen molar-refractivity contribution in [1.82, 2.24) is 24.0 Å². The number of aryl methyl sites for hydroxylation is 1. The first-order chi connectivity index (χ1) is 14.9. The Morgan fingerprint density at radius 2 is 1.87 bits per heavy atom. The highest BCUT2D eigenvalue weighted by molar-refractivity contribution is 6.04. The maximum absolute atomic E-state index is 12.8. The molecule has 0 bridgehead atoms. The van der Waals surface area contributed by atoms with Crippen LogP contribution in [0.15, 0.2) is 47.5 Å². The summed E-state index contributed by atoms with van der Waals surface area (Å²) in [6.45, 7) is 6.05. The Bertz CT molecular complexity index is 1320. The number of rotatable bonds is 4. The summed E-state index contributed by atoms with van der Waals surface area (Å²) in [4.78, 5) is 24.2. The number of aromatic nitrogens is 4. The van der Waals surface area contributed by atoms with Crippen LogP contribution in [-0.4, -0.2) is 50.2 Å². The second-order valence-electron chi connectivity index (χ2n) is 8.71. The molecule has 0 aliphatic carbocycles. The van der Waals surface area contributed by atoms with Gasteiger partial charge in [-0.25, -0.2) is 9.78 Å². The van der Waals surface area contributed by atoms with E-state index < -0.39 is 0 Å². The topological polar surface area (TPSA) is 65.2 Å². The summed E-state index contributed by atoms with van der Waals surface area (Å²) >= 11 is 0. The molecule has 1 aliphatic heterocycles. The number of hydrogen-bond donors (Lipinski definition) is 0. The Balaban J connectivity index is 1.55. The normalized spacial score (nSPS) is 17.3. The van der Waals surface area contributed by atoms with Gasteiger partial charge in [0.1, 0.15) is 6.10 Å². The largest absolute Gasteiger partial charge is 0.473 e. The molecule has 0 amide bonds. The lowest BCUT2D eigenvalue weighted by Crippen LogP contribution is -2.23. The highest BCUT2D eigenvalue weighted by Crippen LogP contribution is 2.30. The van der Waals surface area contributed by atoms with E-state index >= 15 is 0 Å². The smallest absolute Gasteiger partial charge is 0.329 e. The van der Waals surface area contributed by atoms with Crippen LogP contribution in [0.3, 0.4) is 0 Å². The minimum atomic E-state index is -0.0228. The van der Waals surface area contributed by atoms with E-state index in [9.17, 15) is 4.79 Å². The summed E-state index contributed by atoms with van der Waals surface area (Å²) in [5, 5.41) is 0.968. The van der Waals surface area contributed by atoms with Gasteiger partial charge in [0, 0.05) is 49.4 Å². The van der Waals surface area contributed by atoms with E-state index in [0.29, 0.717) is 5.88 Å². The molecule has 1 aliphatic rings. The molecule has 0 spiro atoms. The van der Waals surface area contributed by atoms with Gasteiger partial charge in [0.05, 0.1) is 22.7 Å². The molecule has 7 nitrogen and oxygen atoms in total. The molecule has 4 heterocycles. The molecule has 1 atom stereocenters. The van der Waals surface area contributed by atoms with Crippen molar-refractivity contribution in [3.05, 3.63) is 53.2 Å². The van der Waals surface area contributed by atoms with Gasteiger partial charge in [-0.15, -0.1) is 0 Å². The number of pyridine rings is 2. The number of likely N-dealkylation sites (N-methyl/N-ethyl adjacent to an activating group) is 1. The van der Waals surface area contributed by atoms with Crippen molar-refractivity contribution in [2.45, 2.75) is 32.4 Å². The number of hydrogen-bond acceptors (Lipinski definition) is 5. The Labute approximate surface area is 180 Å². The van der Waals surface area contributed by atoms with Crippen molar-refractivity contribution in [2.24, 2.45) is 7.05 Å². The monoisotopic (exact) mass is 417 g/mol. The predicted molar refractivity (Wildman–Crippen MR) is 123 cm³/mol. The van der Waals surface area contributed by atoms with E-state index in [1.54, 1.807) is 17.8 Å². The van der Waals surface area contributed by atoms with Gasteiger partial charge in [0.15, 0.2) is 0 Å². The van der Waals surface area contributed by atoms with Crippen LogP contribution < -0.4 is 10.4 Å². The van der Waals surface area contributed by atoms with Crippen LogP contribution >= 0.6 is 0 Å². The van der Waals surface area contributed by atoms with Crippen molar-refractivity contribution in [2.75, 3.05) is 20.1 Å². The van der Waals surface area contributed by atoms with Crippen LogP contribution in [0.5, 0.6) is 5.88 Å². The fraction of sp³-hybridized carbons (Fsp3) is 0.375. The molecule has 5 rings (SSSR count). The first-order valence-electron chi connectivity index (χ1n) is 10.7. The zero-order chi connectivity index (χ0) is 21.7. The highest BCUT2D eigenvalue weighted by atomic mass is 16.5. The van der Waals surface area contributed by atoms with Gasteiger partial charge in [-0.05, 0) is 51.1 Å². The quantitative estimate of drug-likeness (QED) is 0.508. The zero-order valence-corrected chi connectivity index (χ0v) is 18.4. The Morgan fingerprint density at radius 3 is 2.55 bits per heavy atom. The molecule has 4 aromatic rings. The van der Waals surface area contributed by atoms with Gasteiger partial charge in [0.2, 0.25) is 5.88 Å². The van der Waals surface area contributed by atoms with E-state index in [1.165, 1.54) is 0 Å². The van der Waals surface area contributed by atoms with Gasteiger partial charge >= 0.3 is 5.69 Å². The van der Waals surface area contributed by atoms with Crippen LogP contribution in [-0.2, 0) is 7.05 Å². The van der Waals surface area contributed by atoms with E-state index in [0.717, 1.165) is 52.6 Å². The fourth-order valence-corrected chi connectivity index (χ4v) is 4.47. The minimum Gasteiger partial charge on any atom is -0.473 e. The molecule has 0 unspecified atom stereocenters. The second kappa shape index (κ2) is 7.50. The van der Waals surface area contributed by atoms with Crippen LogP contribution in [0.4, 0.5) is 0 Å². The third kappa shape index (κ3) is 3.39. The SMILES string of the molecule is CC(C)n1c(=O)n(C)c2cnc3ccc(-c4ccc(O[C@H]5CCN(C)C5)nc4)cc3c21.